The first kappa shape index (κ1) is 14.6. The van der Waals surface area contributed by atoms with Crippen LogP contribution in [0.4, 0.5) is 0 Å². The molecule has 1 N–H and O–H groups in total. The van der Waals surface area contributed by atoms with Crippen molar-refractivity contribution in [2.75, 3.05) is 13.2 Å². The van der Waals surface area contributed by atoms with Gasteiger partial charge < -0.3 is 10.0 Å². The molecule has 0 radical (unpaired) electrons. The zero-order valence-corrected chi connectivity index (χ0v) is 12.1. The topological polar surface area (TPSA) is 40.5 Å². The van der Waals surface area contributed by atoms with E-state index in [4.69, 9.17) is 5.11 Å². The van der Waals surface area contributed by atoms with Gasteiger partial charge in [-0.2, -0.15) is 0 Å². The Hall–Kier alpha value is -1.79. The largest absolute Gasteiger partial charge is 0.384 e. The lowest BCUT2D eigenvalue weighted by Gasteiger charge is -2.23. The molecule has 1 fully saturated rings. The number of likely N-dealkylation sites (tertiary alicyclic amines) is 1. The molecule has 0 aromatic heterocycles. The number of aliphatic hydroxyl groups is 1. The van der Waals surface area contributed by atoms with Crippen LogP contribution in [0.2, 0.25) is 0 Å². The van der Waals surface area contributed by atoms with Crippen molar-refractivity contribution < 1.29 is 9.90 Å². The van der Waals surface area contributed by atoms with Gasteiger partial charge >= 0.3 is 0 Å². The lowest BCUT2D eigenvalue weighted by Crippen LogP contribution is -2.35. The van der Waals surface area contributed by atoms with Crippen molar-refractivity contribution >= 4 is 5.91 Å². The summed E-state index contributed by atoms with van der Waals surface area (Å²) >= 11 is 0. The number of hydrogen-bond acceptors (Lipinski definition) is 2. The fraction of sp³-hybridized carbons (Fsp3) is 0.471. The summed E-state index contributed by atoms with van der Waals surface area (Å²) in [6, 6.07) is 5.98. The molecule has 1 atom stereocenters. The predicted octanol–water partition coefficient (Wildman–Crippen LogP) is 2.35. The molecule has 3 nitrogen and oxygen atoms in total. The minimum Gasteiger partial charge on any atom is -0.384 e. The first-order valence-electron chi connectivity index (χ1n) is 7.18. The third kappa shape index (κ3) is 3.02. The van der Waals surface area contributed by atoms with Crippen molar-refractivity contribution in [3.63, 3.8) is 0 Å². The molecule has 20 heavy (non-hydrogen) atoms. The van der Waals surface area contributed by atoms with Crippen LogP contribution in [0.1, 0.15) is 47.7 Å². The summed E-state index contributed by atoms with van der Waals surface area (Å²) in [6.07, 6.45) is 3.23. The van der Waals surface area contributed by atoms with Crippen LogP contribution in [-0.2, 0) is 0 Å². The second-order valence-electron chi connectivity index (χ2n) is 5.19. The lowest BCUT2D eigenvalue weighted by atomic mass is 10.0. The Kier molecular flexibility index (Phi) is 4.81. The second-order valence-corrected chi connectivity index (χ2v) is 5.19. The number of carbonyl (C=O) groups is 1. The highest BCUT2D eigenvalue weighted by Crippen LogP contribution is 2.23. The van der Waals surface area contributed by atoms with Gasteiger partial charge in [-0.3, -0.25) is 4.79 Å². The van der Waals surface area contributed by atoms with Gasteiger partial charge in [-0.05, 0) is 49.9 Å². The SMILES string of the molecule is CCC1CCCN1C(=O)c1ccc(C#CCO)c(C)c1. The molecule has 106 valence electrons. The molecular formula is C17H21NO2. The van der Waals surface area contributed by atoms with Gasteiger partial charge in [0, 0.05) is 23.7 Å². The maximum Gasteiger partial charge on any atom is 0.254 e. The van der Waals surface area contributed by atoms with E-state index in [1.165, 1.54) is 0 Å². The minimum atomic E-state index is -0.147. The second kappa shape index (κ2) is 6.58. The van der Waals surface area contributed by atoms with E-state index in [0.717, 1.165) is 42.5 Å². The Morgan fingerprint density at radius 2 is 2.30 bits per heavy atom. The van der Waals surface area contributed by atoms with Crippen LogP contribution in [0.15, 0.2) is 18.2 Å². The van der Waals surface area contributed by atoms with Gasteiger partial charge in [0.15, 0.2) is 0 Å². The third-order valence-electron chi connectivity index (χ3n) is 3.88. The van der Waals surface area contributed by atoms with Gasteiger partial charge in [-0.25, -0.2) is 0 Å². The van der Waals surface area contributed by atoms with Gasteiger partial charge in [0.25, 0.3) is 5.91 Å². The van der Waals surface area contributed by atoms with Gasteiger partial charge in [0.1, 0.15) is 6.61 Å². The van der Waals surface area contributed by atoms with Gasteiger partial charge in [-0.1, -0.05) is 18.8 Å². The normalized spacial score (nSPS) is 17.8. The Bertz CT molecular complexity index is 554. The summed E-state index contributed by atoms with van der Waals surface area (Å²) in [4.78, 5) is 14.5. The summed E-state index contributed by atoms with van der Waals surface area (Å²) in [5.74, 6) is 5.65. The summed E-state index contributed by atoms with van der Waals surface area (Å²) in [5, 5.41) is 8.73. The van der Waals surface area contributed by atoms with E-state index >= 15 is 0 Å². The highest BCUT2D eigenvalue weighted by Gasteiger charge is 2.27. The molecule has 2 rings (SSSR count). The van der Waals surface area contributed by atoms with Crippen LogP contribution < -0.4 is 0 Å². The molecule has 1 aromatic carbocycles. The van der Waals surface area contributed by atoms with Crippen molar-refractivity contribution in [1.82, 2.24) is 4.90 Å². The van der Waals surface area contributed by atoms with Crippen LogP contribution in [0.3, 0.4) is 0 Å². The third-order valence-corrected chi connectivity index (χ3v) is 3.88. The van der Waals surface area contributed by atoms with E-state index in [-0.39, 0.29) is 12.5 Å². The van der Waals surface area contributed by atoms with Crippen LogP contribution in [0.25, 0.3) is 0 Å². The first-order valence-corrected chi connectivity index (χ1v) is 7.18. The summed E-state index contributed by atoms with van der Waals surface area (Å²) in [7, 11) is 0. The zero-order valence-electron chi connectivity index (χ0n) is 12.1. The van der Waals surface area contributed by atoms with E-state index < -0.39 is 0 Å². The molecule has 0 saturated carbocycles. The fourth-order valence-electron chi connectivity index (χ4n) is 2.77. The van der Waals surface area contributed by atoms with E-state index in [2.05, 4.69) is 18.8 Å². The summed E-state index contributed by atoms with van der Waals surface area (Å²) in [5.41, 5.74) is 2.57. The number of rotatable bonds is 2. The molecule has 1 saturated heterocycles. The highest BCUT2D eigenvalue weighted by atomic mass is 16.2. The number of aliphatic hydroxyl groups excluding tert-OH is 1. The van der Waals surface area contributed by atoms with Gasteiger partial charge in [-0.15, -0.1) is 0 Å². The number of nitrogens with zero attached hydrogens (tertiary/aromatic N) is 1. The highest BCUT2D eigenvalue weighted by molar-refractivity contribution is 5.95. The smallest absolute Gasteiger partial charge is 0.254 e. The Morgan fingerprint density at radius 1 is 1.50 bits per heavy atom. The average molecular weight is 271 g/mol. The molecular weight excluding hydrogens is 250 g/mol. The number of amides is 1. The fourth-order valence-corrected chi connectivity index (χ4v) is 2.77. The van der Waals surface area contributed by atoms with Crippen molar-refractivity contribution in [3.05, 3.63) is 34.9 Å². The molecule has 3 heteroatoms. The van der Waals surface area contributed by atoms with Gasteiger partial charge in [0.05, 0.1) is 0 Å². The number of aryl methyl sites for hydroxylation is 1. The Balaban J connectivity index is 2.21. The number of benzene rings is 1. The number of hydrogen-bond donors (Lipinski definition) is 1. The maximum absolute atomic E-state index is 12.5. The molecule has 1 aliphatic rings. The van der Waals surface area contributed by atoms with Crippen molar-refractivity contribution in [1.29, 1.82) is 0 Å². The molecule has 1 aromatic rings. The Morgan fingerprint density at radius 3 is 2.95 bits per heavy atom. The van der Waals surface area contributed by atoms with Crippen LogP contribution in [0, 0.1) is 18.8 Å². The molecule has 1 aliphatic heterocycles. The quantitative estimate of drug-likeness (QED) is 0.839. The van der Waals surface area contributed by atoms with E-state index in [1.54, 1.807) is 0 Å². The van der Waals surface area contributed by atoms with Crippen LogP contribution >= 0.6 is 0 Å². The van der Waals surface area contributed by atoms with E-state index in [1.807, 2.05) is 30.0 Å². The molecule has 1 amide bonds. The minimum absolute atomic E-state index is 0.124. The van der Waals surface area contributed by atoms with E-state index in [0.29, 0.717) is 6.04 Å². The molecule has 1 unspecified atom stereocenters. The van der Waals surface area contributed by atoms with Gasteiger partial charge in [0.2, 0.25) is 0 Å². The molecule has 0 spiro atoms. The maximum atomic E-state index is 12.5. The van der Waals surface area contributed by atoms with E-state index in [9.17, 15) is 4.79 Å². The van der Waals surface area contributed by atoms with Crippen LogP contribution in [0.5, 0.6) is 0 Å². The summed E-state index contributed by atoms with van der Waals surface area (Å²) < 4.78 is 0. The lowest BCUT2D eigenvalue weighted by molar-refractivity contribution is 0.0733. The van der Waals surface area contributed by atoms with Crippen molar-refractivity contribution in [3.8, 4) is 11.8 Å². The average Bonchev–Trinajstić information content (AvgIpc) is 2.93. The molecule has 1 heterocycles. The zero-order chi connectivity index (χ0) is 14.5. The molecule has 0 aliphatic carbocycles. The summed E-state index contributed by atoms with van der Waals surface area (Å²) in [6.45, 7) is 4.79. The Labute approximate surface area is 120 Å². The standard InChI is InChI=1S/C17H21NO2/c1-3-16-7-4-10-18(16)17(20)15-9-8-14(6-5-11-19)13(2)12-15/h8-9,12,16,19H,3-4,7,10-11H2,1-2H3. The first-order chi connectivity index (χ1) is 9.67. The molecule has 0 bridgehead atoms. The van der Waals surface area contributed by atoms with Crippen molar-refractivity contribution in [2.24, 2.45) is 0 Å². The predicted molar refractivity (Wildman–Crippen MR) is 79.5 cm³/mol. The monoisotopic (exact) mass is 271 g/mol. The van der Waals surface area contributed by atoms with Crippen molar-refractivity contribution in [2.45, 2.75) is 39.2 Å². The van der Waals surface area contributed by atoms with Crippen LogP contribution in [-0.4, -0.2) is 35.1 Å². The number of carbonyl (C=O) groups excluding carboxylic acids is 1.